The van der Waals surface area contributed by atoms with Crippen LogP contribution >= 0.6 is 0 Å². The van der Waals surface area contributed by atoms with E-state index in [2.05, 4.69) is 240 Å². The number of para-hydroxylation sites is 2. The molecule has 13 aromatic rings. The van der Waals surface area contributed by atoms with Crippen LogP contribution in [0.3, 0.4) is 0 Å². The SMILES string of the molecule is c1ccc(-c2c3ccccc3c(-c3ccc(-n4c5cc(-c6ccc7c8ccccc8n(-c8ccccc8)c7c6)ccc5c5ccc6ccccc6c54)cc3)c3ccccc23)cc1. The van der Waals surface area contributed by atoms with Crippen LogP contribution in [0.2, 0.25) is 0 Å². The topological polar surface area (TPSA) is 9.86 Å². The molecule has 0 bridgehead atoms. The maximum atomic E-state index is 2.49. The molecule has 0 aliphatic carbocycles. The number of fused-ring (bicyclic) bond motifs is 10. The lowest BCUT2D eigenvalue weighted by Gasteiger charge is -2.18. The molecular weight excluding hydrogens is 749 g/mol. The molecule has 11 aromatic carbocycles. The van der Waals surface area contributed by atoms with Crippen molar-refractivity contribution in [2.24, 2.45) is 0 Å². The summed E-state index contributed by atoms with van der Waals surface area (Å²) in [5, 5.41) is 12.5. The molecule has 0 fully saturated rings. The van der Waals surface area contributed by atoms with E-state index in [1.807, 2.05) is 0 Å². The summed E-state index contributed by atoms with van der Waals surface area (Å²) in [7, 11) is 0. The number of hydrogen-bond donors (Lipinski definition) is 0. The molecule has 0 spiro atoms. The Morgan fingerprint density at radius 1 is 0.226 bits per heavy atom. The lowest BCUT2D eigenvalue weighted by atomic mass is 9.86. The Bertz CT molecular complexity index is 3830. The van der Waals surface area contributed by atoms with Crippen molar-refractivity contribution >= 4 is 75.9 Å². The zero-order valence-electron chi connectivity index (χ0n) is 33.8. The van der Waals surface area contributed by atoms with E-state index < -0.39 is 0 Å². The molecule has 2 aromatic heterocycles. The van der Waals surface area contributed by atoms with Crippen LogP contribution in [-0.2, 0) is 0 Å². The summed E-state index contributed by atoms with van der Waals surface area (Å²) in [6.45, 7) is 0. The Balaban J connectivity index is 1.02. The van der Waals surface area contributed by atoms with Gasteiger partial charge in [-0.15, -0.1) is 0 Å². The Labute approximate surface area is 358 Å². The van der Waals surface area contributed by atoms with Crippen LogP contribution in [0.1, 0.15) is 0 Å². The maximum absolute atomic E-state index is 2.49. The lowest BCUT2D eigenvalue weighted by molar-refractivity contribution is 1.18. The number of benzene rings is 11. The van der Waals surface area contributed by atoms with E-state index in [0.29, 0.717) is 0 Å². The monoisotopic (exact) mass is 786 g/mol. The molecule has 0 N–H and O–H groups in total. The molecule has 0 saturated heterocycles. The standard InChI is InChI=1S/C60H38N2/c1-3-16-40(17-4-1)58-50-22-9-11-24-52(50)59(53-25-12-10-23-51(53)58)41-27-32-45(33-28-41)62-57-38-43(31-35-49(57)54-36-29-39-15-7-8-20-46(39)60(54)62)42-30-34-48-47-21-13-14-26-55(47)61(56(48)37-42)44-18-5-2-6-19-44/h1-38H. The van der Waals surface area contributed by atoms with Gasteiger partial charge in [0.1, 0.15) is 0 Å². The second-order valence-electron chi connectivity index (χ2n) is 16.4. The first-order chi connectivity index (χ1) is 30.8. The fourth-order valence-electron chi connectivity index (χ4n) is 10.4. The maximum Gasteiger partial charge on any atom is 0.0619 e. The van der Waals surface area contributed by atoms with Crippen LogP contribution in [0.5, 0.6) is 0 Å². The van der Waals surface area contributed by atoms with Crippen molar-refractivity contribution in [2.45, 2.75) is 0 Å². The molecular formula is C60H38N2. The number of hydrogen-bond acceptors (Lipinski definition) is 0. The summed E-state index contributed by atoms with van der Waals surface area (Å²) in [4.78, 5) is 0. The van der Waals surface area contributed by atoms with Crippen molar-refractivity contribution in [2.75, 3.05) is 0 Å². The first kappa shape index (κ1) is 34.6. The summed E-state index contributed by atoms with van der Waals surface area (Å²) in [6, 6.07) is 84.7. The molecule has 2 nitrogen and oxygen atoms in total. The van der Waals surface area contributed by atoms with Crippen molar-refractivity contribution in [3.05, 3.63) is 231 Å². The van der Waals surface area contributed by atoms with Crippen molar-refractivity contribution < 1.29 is 0 Å². The minimum atomic E-state index is 1.14. The van der Waals surface area contributed by atoms with Gasteiger partial charge in [0.2, 0.25) is 0 Å². The predicted molar refractivity (Wildman–Crippen MR) is 264 cm³/mol. The first-order valence-corrected chi connectivity index (χ1v) is 21.4. The van der Waals surface area contributed by atoms with Crippen LogP contribution in [0.25, 0.3) is 121 Å². The van der Waals surface area contributed by atoms with Gasteiger partial charge in [0.15, 0.2) is 0 Å². The van der Waals surface area contributed by atoms with E-state index >= 15 is 0 Å². The average Bonchev–Trinajstić information content (AvgIpc) is 3.86. The number of nitrogens with zero attached hydrogens (tertiary/aromatic N) is 2. The third-order valence-electron chi connectivity index (χ3n) is 13.1. The zero-order valence-corrected chi connectivity index (χ0v) is 33.8. The third-order valence-corrected chi connectivity index (χ3v) is 13.1. The number of rotatable bonds is 5. The van der Waals surface area contributed by atoms with Gasteiger partial charge < -0.3 is 9.13 Å². The molecule has 62 heavy (non-hydrogen) atoms. The minimum absolute atomic E-state index is 1.14. The highest BCUT2D eigenvalue weighted by Gasteiger charge is 2.20. The molecule has 288 valence electrons. The van der Waals surface area contributed by atoms with Crippen LogP contribution < -0.4 is 0 Å². The normalized spacial score (nSPS) is 11.9. The van der Waals surface area contributed by atoms with Gasteiger partial charge in [-0.2, -0.15) is 0 Å². The van der Waals surface area contributed by atoms with Crippen molar-refractivity contribution in [3.8, 4) is 44.8 Å². The summed E-state index contributed by atoms with van der Waals surface area (Å²) in [5.41, 5.74) is 14.5. The highest BCUT2D eigenvalue weighted by atomic mass is 15.0. The van der Waals surface area contributed by atoms with Gasteiger partial charge in [0, 0.05) is 38.3 Å². The van der Waals surface area contributed by atoms with Gasteiger partial charge in [-0.25, -0.2) is 0 Å². The van der Waals surface area contributed by atoms with E-state index in [1.165, 1.54) is 109 Å². The molecule has 0 aliphatic rings. The van der Waals surface area contributed by atoms with Crippen molar-refractivity contribution in [3.63, 3.8) is 0 Å². The zero-order chi connectivity index (χ0) is 40.7. The molecule has 2 heterocycles. The Morgan fingerprint density at radius 3 is 1.27 bits per heavy atom. The molecule has 2 heteroatoms. The lowest BCUT2D eigenvalue weighted by Crippen LogP contribution is -1.96. The molecule has 0 amide bonds. The molecule has 0 aliphatic heterocycles. The average molecular weight is 787 g/mol. The Morgan fingerprint density at radius 2 is 0.645 bits per heavy atom. The summed E-state index contributed by atoms with van der Waals surface area (Å²) in [5.74, 6) is 0. The smallest absolute Gasteiger partial charge is 0.0619 e. The van der Waals surface area contributed by atoms with Crippen LogP contribution in [-0.4, -0.2) is 9.13 Å². The van der Waals surface area contributed by atoms with E-state index in [9.17, 15) is 0 Å². The minimum Gasteiger partial charge on any atom is -0.309 e. The third kappa shape index (κ3) is 5.17. The first-order valence-electron chi connectivity index (χ1n) is 21.4. The summed E-state index contributed by atoms with van der Waals surface area (Å²) in [6.07, 6.45) is 0. The van der Waals surface area contributed by atoms with Gasteiger partial charge in [-0.1, -0.05) is 188 Å². The van der Waals surface area contributed by atoms with Crippen molar-refractivity contribution in [1.29, 1.82) is 0 Å². The number of aromatic nitrogens is 2. The summed E-state index contributed by atoms with van der Waals surface area (Å²) >= 11 is 0. The highest BCUT2D eigenvalue weighted by molar-refractivity contribution is 6.22. The van der Waals surface area contributed by atoms with Crippen LogP contribution in [0.15, 0.2) is 231 Å². The quantitative estimate of drug-likeness (QED) is 0.154. The molecule has 0 saturated carbocycles. The van der Waals surface area contributed by atoms with Gasteiger partial charge in [0.25, 0.3) is 0 Å². The van der Waals surface area contributed by atoms with Gasteiger partial charge in [-0.05, 0) is 103 Å². The Kier molecular flexibility index (Phi) is 7.64. The molecule has 13 rings (SSSR count). The highest BCUT2D eigenvalue weighted by Crippen LogP contribution is 2.45. The Hall–Kier alpha value is -8.20. The van der Waals surface area contributed by atoms with Crippen molar-refractivity contribution in [1.82, 2.24) is 9.13 Å². The predicted octanol–water partition coefficient (Wildman–Crippen LogP) is 16.3. The fraction of sp³-hybridized carbons (Fsp3) is 0. The van der Waals surface area contributed by atoms with Gasteiger partial charge in [-0.3, -0.25) is 0 Å². The largest absolute Gasteiger partial charge is 0.309 e. The van der Waals surface area contributed by atoms with E-state index in [1.54, 1.807) is 0 Å². The van der Waals surface area contributed by atoms with Gasteiger partial charge >= 0.3 is 0 Å². The summed E-state index contributed by atoms with van der Waals surface area (Å²) < 4.78 is 4.90. The van der Waals surface area contributed by atoms with E-state index in [4.69, 9.17) is 0 Å². The van der Waals surface area contributed by atoms with Crippen LogP contribution in [0, 0.1) is 0 Å². The van der Waals surface area contributed by atoms with E-state index in [-0.39, 0.29) is 0 Å². The van der Waals surface area contributed by atoms with Gasteiger partial charge in [0.05, 0.1) is 22.1 Å². The molecule has 0 atom stereocenters. The second kappa shape index (κ2) is 13.7. The van der Waals surface area contributed by atoms with Crippen LogP contribution in [0.4, 0.5) is 0 Å². The molecule has 0 unspecified atom stereocenters. The fourth-order valence-corrected chi connectivity index (χ4v) is 10.4. The van der Waals surface area contributed by atoms with E-state index in [0.717, 1.165) is 11.4 Å². The molecule has 0 radical (unpaired) electrons. The second-order valence-corrected chi connectivity index (χ2v) is 16.4.